The van der Waals surface area contributed by atoms with Crippen LogP contribution in [-0.2, 0) is 10.0 Å². The number of halogens is 1. The Bertz CT molecular complexity index is 873. The van der Waals surface area contributed by atoms with Crippen molar-refractivity contribution in [2.45, 2.75) is 17.9 Å². The van der Waals surface area contributed by atoms with Gasteiger partial charge in [0.2, 0.25) is 10.0 Å². The second-order valence-electron chi connectivity index (χ2n) is 5.27. The number of benzene rings is 1. The zero-order valence-corrected chi connectivity index (χ0v) is 15.3. The first-order valence-electron chi connectivity index (χ1n) is 7.25. The first kappa shape index (κ1) is 17.2. The monoisotopic (exact) mass is 381 g/mol. The Kier molecular flexibility index (Phi) is 5.05. The number of hydrogen-bond donors (Lipinski definition) is 1. The van der Waals surface area contributed by atoms with Crippen molar-refractivity contribution in [3.05, 3.63) is 69.6 Å². The van der Waals surface area contributed by atoms with Crippen LogP contribution in [0.4, 0.5) is 0 Å². The zero-order chi connectivity index (χ0) is 17.2. The van der Waals surface area contributed by atoms with E-state index in [1.165, 1.54) is 0 Å². The zero-order valence-electron chi connectivity index (χ0n) is 12.9. The van der Waals surface area contributed by atoms with Crippen LogP contribution in [0.5, 0.6) is 0 Å². The summed E-state index contributed by atoms with van der Waals surface area (Å²) >= 11 is 7.60. The second-order valence-corrected chi connectivity index (χ2v) is 8.20. The number of hydrogen-bond acceptors (Lipinski definition) is 4. The minimum absolute atomic E-state index is 0.194. The summed E-state index contributed by atoms with van der Waals surface area (Å²) in [5.41, 5.74) is 1.55. The lowest BCUT2D eigenvalue weighted by Crippen LogP contribution is -2.31. The molecule has 5 nitrogen and oxygen atoms in total. The highest BCUT2D eigenvalue weighted by Gasteiger charge is 2.22. The number of thiophene rings is 1. The van der Waals surface area contributed by atoms with Crippen LogP contribution in [0, 0.1) is 6.92 Å². The molecule has 1 atom stereocenters. The summed E-state index contributed by atoms with van der Waals surface area (Å²) < 4.78 is 29.7. The fourth-order valence-electron chi connectivity index (χ4n) is 2.44. The Morgan fingerprint density at radius 1 is 1.33 bits per heavy atom. The molecule has 0 saturated carbocycles. The maximum absolute atomic E-state index is 12.7. The minimum Gasteiger partial charge on any atom is -0.264 e. The number of rotatable bonds is 6. The summed E-state index contributed by atoms with van der Waals surface area (Å²) in [7, 11) is -3.66. The van der Waals surface area contributed by atoms with E-state index in [1.54, 1.807) is 47.3 Å². The van der Waals surface area contributed by atoms with E-state index in [4.69, 9.17) is 11.6 Å². The van der Waals surface area contributed by atoms with Crippen molar-refractivity contribution >= 4 is 33.0 Å². The van der Waals surface area contributed by atoms with E-state index in [9.17, 15) is 8.42 Å². The number of nitrogens with one attached hydrogen (secondary N) is 1. The van der Waals surface area contributed by atoms with E-state index in [2.05, 4.69) is 9.82 Å². The van der Waals surface area contributed by atoms with Crippen LogP contribution in [0.25, 0.3) is 0 Å². The fraction of sp³-hybridized carbons (Fsp3) is 0.188. The normalized spacial score (nSPS) is 13.1. The highest BCUT2D eigenvalue weighted by atomic mass is 35.5. The van der Waals surface area contributed by atoms with E-state index in [0.29, 0.717) is 10.6 Å². The van der Waals surface area contributed by atoms with Gasteiger partial charge in [-0.2, -0.15) is 16.4 Å². The lowest BCUT2D eigenvalue weighted by Gasteiger charge is -2.18. The smallest absolute Gasteiger partial charge is 0.240 e. The first-order valence-corrected chi connectivity index (χ1v) is 10.1. The fourth-order valence-corrected chi connectivity index (χ4v) is 4.68. The van der Waals surface area contributed by atoms with Crippen LogP contribution >= 0.6 is 22.9 Å². The van der Waals surface area contributed by atoms with E-state index in [0.717, 1.165) is 5.56 Å². The second kappa shape index (κ2) is 7.06. The summed E-state index contributed by atoms with van der Waals surface area (Å²) in [6, 6.07) is 8.43. The van der Waals surface area contributed by atoms with Gasteiger partial charge in [0.15, 0.2) is 0 Å². The van der Waals surface area contributed by atoms with Crippen molar-refractivity contribution in [1.82, 2.24) is 14.5 Å². The lowest BCUT2D eigenvalue weighted by molar-refractivity contribution is 0.506. The number of aromatic nitrogens is 2. The molecule has 0 aliphatic rings. The Morgan fingerprint density at radius 2 is 2.17 bits per heavy atom. The van der Waals surface area contributed by atoms with Crippen LogP contribution in [0.3, 0.4) is 0 Å². The minimum atomic E-state index is -3.66. The van der Waals surface area contributed by atoms with Gasteiger partial charge in [-0.3, -0.25) is 4.68 Å². The highest BCUT2D eigenvalue weighted by Crippen LogP contribution is 2.24. The van der Waals surface area contributed by atoms with Crippen molar-refractivity contribution < 1.29 is 8.42 Å². The van der Waals surface area contributed by atoms with E-state index in [1.807, 2.05) is 29.1 Å². The predicted octanol–water partition coefficient (Wildman–Crippen LogP) is 3.47. The molecule has 1 aromatic carbocycles. The summed E-state index contributed by atoms with van der Waals surface area (Å²) in [5.74, 6) is 0. The maximum atomic E-state index is 12.7. The molecule has 0 aliphatic heterocycles. The van der Waals surface area contributed by atoms with Gasteiger partial charge in [0.25, 0.3) is 0 Å². The first-order chi connectivity index (χ1) is 11.5. The maximum Gasteiger partial charge on any atom is 0.240 e. The lowest BCUT2D eigenvalue weighted by atomic mass is 10.1. The van der Waals surface area contributed by atoms with E-state index in [-0.39, 0.29) is 17.5 Å². The average molecular weight is 382 g/mol. The van der Waals surface area contributed by atoms with Crippen molar-refractivity contribution in [3.63, 3.8) is 0 Å². The quantitative estimate of drug-likeness (QED) is 0.711. The molecule has 2 heterocycles. The third-order valence-electron chi connectivity index (χ3n) is 3.75. The van der Waals surface area contributed by atoms with Gasteiger partial charge in [-0.1, -0.05) is 17.7 Å². The molecule has 0 bridgehead atoms. The van der Waals surface area contributed by atoms with Crippen molar-refractivity contribution in [3.8, 4) is 0 Å². The standard InChI is InChI=1S/C16H16ClN3O2S2/c1-12-14(17)4-2-5-16(12)24(21,22)19-10-15(13-6-9-23-11-13)20-8-3-7-18-20/h2-9,11,15,19H,10H2,1H3/t15-/m1/s1. The summed E-state index contributed by atoms with van der Waals surface area (Å²) in [6.45, 7) is 1.90. The van der Waals surface area contributed by atoms with Gasteiger partial charge >= 0.3 is 0 Å². The number of sulfonamides is 1. The van der Waals surface area contributed by atoms with Crippen LogP contribution in [0.15, 0.2) is 58.4 Å². The van der Waals surface area contributed by atoms with Crippen LogP contribution in [0.2, 0.25) is 5.02 Å². The van der Waals surface area contributed by atoms with Gasteiger partial charge in [0.1, 0.15) is 0 Å². The van der Waals surface area contributed by atoms with Crippen LogP contribution in [-0.4, -0.2) is 24.7 Å². The summed E-state index contributed by atoms with van der Waals surface area (Å²) in [4.78, 5) is 0.194. The predicted molar refractivity (Wildman–Crippen MR) is 96.1 cm³/mol. The molecule has 0 radical (unpaired) electrons. The molecule has 0 spiro atoms. The molecule has 0 unspecified atom stereocenters. The van der Waals surface area contributed by atoms with Crippen LogP contribution < -0.4 is 4.72 Å². The molecule has 2 aromatic heterocycles. The topological polar surface area (TPSA) is 64.0 Å². The molecule has 8 heteroatoms. The highest BCUT2D eigenvalue weighted by molar-refractivity contribution is 7.89. The Labute approximate surface area is 150 Å². The molecule has 126 valence electrons. The third kappa shape index (κ3) is 3.54. The summed E-state index contributed by atoms with van der Waals surface area (Å²) in [6.07, 6.45) is 3.50. The van der Waals surface area contributed by atoms with E-state index < -0.39 is 10.0 Å². The molecule has 24 heavy (non-hydrogen) atoms. The Hall–Kier alpha value is -1.67. The van der Waals surface area contributed by atoms with Crippen molar-refractivity contribution in [2.75, 3.05) is 6.54 Å². The molecular weight excluding hydrogens is 366 g/mol. The average Bonchev–Trinajstić information content (AvgIpc) is 3.24. The molecule has 3 rings (SSSR count). The van der Waals surface area contributed by atoms with Crippen molar-refractivity contribution in [1.29, 1.82) is 0 Å². The molecule has 0 aliphatic carbocycles. The number of nitrogens with zero attached hydrogens (tertiary/aromatic N) is 2. The molecular formula is C16H16ClN3O2S2. The van der Waals surface area contributed by atoms with Gasteiger partial charge in [-0.25, -0.2) is 13.1 Å². The van der Waals surface area contributed by atoms with Gasteiger partial charge < -0.3 is 0 Å². The van der Waals surface area contributed by atoms with Crippen molar-refractivity contribution in [2.24, 2.45) is 0 Å². The van der Waals surface area contributed by atoms with Gasteiger partial charge in [-0.15, -0.1) is 0 Å². The Balaban J connectivity index is 1.86. The summed E-state index contributed by atoms with van der Waals surface area (Å²) in [5, 5.41) is 8.62. The third-order valence-corrected chi connectivity index (χ3v) is 6.43. The SMILES string of the molecule is Cc1c(Cl)cccc1S(=O)(=O)NC[C@H](c1ccsc1)n1cccn1. The van der Waals surface area contributed by atoms with Crippen LogP contribution in [0.1, 0.15) is 17.2 Å². The largest absolute Gasteiger partial charge is 0.264 e. The molecule has 1 N–H and O–H groups in total. The Morgan fingerprint density at radius 3 is 2.83 bits per heavy atom. The van der Waals surface area contributed by atoms with Gasteiger partial charge in [0, 0.05) is 24.0 Å². The van der Waals surface area contributed by atoms with Gasteiger partial charge in [-0.05, 0) is 53.1 Å². The van der Waals surface area contributed by atoms with Gasteiger partial charge in [0.05, 0.1) is 10.9 Å². The molecule has 3 aromatic rings. The molecule has 0 saturated heterocycles. The molecule has 0 amide bonds. The van der Waals surface area contributed by atoms with E-state index >= 15 is 0 Å². The molecule has 0 fully saturated rings.